The van der Waals surface area contributed by atoms with Crippen LogP contribution < -0.4 is 11.3 Å². The van der Waals surface area contributed by atoms with Crippen LogP contribution in [0.5, 0.6) is 0 Å². The predicted molar refractivity (Wildman–Crippen MR) is 271 cm³/mol. The summed E-state index contributed by atoms with van der Waals surface area (Å²) in [4.78, 5) is 32.2. The van der Waals surface area contributed by atoms with Crippen molar-refractivity contribution in [2.45, 2.75) is 185 Å². The zero-order chi connectivity index (χ0) is 53.8. The molecule has 0 saturated carbocycles. The minimum Gasteiger partial charge on any atom is -0.459 e. The molecule has 4 heterocycles. The molecule has 7 N–H and O–H groups in total. The zero-order valence-electron chi connectivity index (χ0n) is 45.6. The van der Waals surface area contributed by atoms with Crippen LogP contribution in [0.15, 0.2) is 48.0 Å². The van der Waals surface area contributed by atoms with E-state index in [0.717, 1.165) is 17.7 Å². The Morgan fingerprint density at radius 1 is 1.07 bits per heavy atom. The number of aliphatic hydroxyl groups is 4. The second kappa shape index (κ2) is 24.7. The summed E-state index contributed by atoms with van der Waals surface area (Å²) in [5.74, 6) is -3.95. The lowest BCUT2D eigenvalue weighted by atomic mass is 9.68. The molecule has 3 fully saturated rings. The minimum absolute atomic E-state index is 0.0211. The van der Waals surface area contributed by atoms with Crippen molar-refractivity contribution in [1.82, 2.24) is 25.4 Å². The Hall–Kier alpha value is -3.05. The Bertz CT molecular complexity index is 1940. The number of nitrogens with zero attached hydrogens (tertiary/aromatic N) is 4. The third-order valence-electron chi connectivity index (χ3n) is 16.5. The molecule has 0 amide bonds. The van der Waals surface area contributed by atoms with Crippen molar-refractivity contribution < 1.29 is 62.8 Å². The number of carbonyl (C=O) groups excluding carboxylic acids is 2. The van der Waals surface area contributed by atoms with Gasteiger partial charge < -0.3 is 64.4 Å². The van der Waals surface area contributed by atoms with Crippen molar-refractivity contribution >= 4 is 11.8 Å². The molecule has 4 aliphatic heterocycles. The molecular weight excluding hydrogens is 932 g/mol. The first-order valence-electron chi connectivity index (χ1n) is 26.0. The number of halogens is 1. The quantitative estimate of drug-likeness (QED) is 0.102. The second-order valence-electron chi connectivity index (χ2n) is 22.3. The highest BCUT2D eigenvalue weighted by atomic mass is 19.1. The summed E-state index contributed by atoms with van der Waals surface area (Å²) in [6.07, 6.45) is 1.96. The molecule has 5 aliphatic rings. The van der Waals surface area contributed by atoms with E-state index in [2.05, 4.69) is 29.2 Å². The van der Waals surface area contributed by atoms with Crippen molar-refractivity contribution in [2.75, 3.05) is 61.7 Å². The van der Waals surface area contributed by atoms with Crippen LogP contribution in [0.3, 0.4) is 0 Å². The number of aliphatic hydroxyl groups excluding tert-OH is 2. The van der Waals surface area contributed by atoms with Gasteiger partial charge in [-0.05, 0) is 97.2 Å². The van der Waals surface area contributed by atoms with Gasteiger partial charge in [-0.1, -0.05) is 52.5 Å². The van der Waals surface area contributed by atoms with E-state index in [-0.39, 0.29) is 49.4 Å². The molecular formula is C53H91FN6O12. The second-order valence-corrected chi connectivity index (χ2v) is 22.3. The van der Waals surface area contributed by atoms with E-state index < -0.39 is 114 Å². The number of cyclic esters (lactones) is 1. The van der Waals surface area contributed by atoms with Gasteiger partial charge in [0.15, 0.2) is 11.9 Å². The van der Waals surface area contributed by atoms with Crippen molar-refractivity contribution in [3.8, 4) is 0 Å². The van der Waals surface area contributed by atoms with Crippen molar-refractivity contribution in [3.05, 3.63) is 48.0 Å². The van der Waals surface area contributed by atoms with E-state index in [1.807, 2.05) is 52.2 Å². The monoisotopic (exact) mass is 1020 g/mol. The first-order valence-corrected chi connectivity index (χ1v) is 26.0. The van der Waals surface area contributed by atoms with Gasteiger partial charge in [0.1, 0.15) is 37.1 Å². The maximum Gasteiger partial charge on any atom is 0.309 e. The van der Waals surface area contributed by atoms with Crippen molar-refractivity contribution in [1.29, 1.82) is 0 Å². The fourth-order valence-corrected chi connectivity index (χ4v) is 12.1. The number of hydrogen-bond acceptors (Lipinski definition) is 18. The number of alkyl halides is 1. The number of esters is 1. The minimum atomic E-state index is -2.12. The van der Waals surface area contributed by atoms with Crippen LogP contribution in [0, 0.1) is 29.6 Å². The van der Waals surface area contributed by atoms with Crippen molar-refractivity contribution in [3.63, 3.8) is 0 Å². The summed E-state index contributed by atoms with van der Waals surface area (Å²) in [5, 5.41) is 52.0. The molecule has 412 valence electrons. The van der Waals surface area contributed by atoms with Gasteiger partial charge in [0.05, 0.1) is 47.2 Å². The smallest absolute Gasteiger partial charge is 0.309 e. The molecule has 1 aliphatic carbocycles. The highest BCUT2D eigenvalue weighted by Crippen LogP contribution is 2.45. The summed E-state index contributed by atoms with van der Waals surface area (Å²) in [6, 6.07) is -1.11. The molecule has 0 radical (unpaired) electrons. The van der Waals surface area contributed by atoms with Crippen LogP contribution in [0.2, 0.25) is 0 Å². The number of allylic oxidation sites excluding steroid dienone is 1. The molecule has 0 bridgehead atoms. The molecule has 19 atom stereocenters. The molecule has 19 heteroatoms. The van der Waals surface area contributed by atoms with Crippen LogP contribution in [0.1, 0.15) is 101 Å². The Balaban J connectivity index is 1.46. The van der Waals surface area contributed by atoms with Crippen LogP contribution in [-0.4, -0.2) is 198 Å². The molecule has 0 aromatic rings. The SMILES string of the molecule is C=C1C(=O)[C@](C)(O)[C@@H](CC)OC(=O)[C@H](C)C([C@H]2C[C@@](C)(OC)[C@@H](O)[C@H](C)O2)[C@H](C)[C@@H](O[C@@H]2O[C@H](C)C[C@H](N(C)CCC3=CN([C@H](CF)[C@H](OC)C4=CCC(CN)C=C4)NN3C)[C@H]2O)[C@](C)(O)C[C@@H](C)CN1C. The van der Waals surface area contributed by atoms with Crippen LogP contribution in [0.25, 0.3) is 0 Å². The van der Waals surface area contributed by atoms with E-state index in [1.165, 1.54) is 14.0 Å². The number of hydrazine groups is 2. The van der Waals surface area contributed by atoms with E-state index in [9.17, 15) is 34.4 Å². The number of likely N-dealkylation sites (N-methyl/N-ethyl adjacent to an activating group) is 2. The van der Waals surface area contributed by atoms with Gasteiger partial charge in [-0.25, -0.2) is 4.39 Å². The van der Waals surface area contributed by atoms with Gasteiger partial charge in [0.25, 0.3) is 0 Å². The standard InChI is InChI=1S/C53H91FN6O12/c1-16-42-53(10,66)46(62)34(6)58(12)28-30(2)24-51(8,65)48(32(4)43(33(5)49(64)71-42)41-25-52(9,68-15)47(63)35(7)70-41)72-50-44(61)39(23-31(3)69-50)57(11)22-21-38-29-60(56-59(38)13)40(26-54)45(67-14)37-19-17-36(27-55)18-20-37/h17,19-20,29-33,35-36,39-45,47-48,50,56,61,63,65-66H,6,16,18,21-28,55H2,1-5,7-15H3/t30-,31-,32+,33-,35+,36?,39+,40-,41-,42-,43?,44-,45-,47+,48-,50+,51-,52-,53-/m1/s1. The Morgan fingerprint density at radius 3 is 2.33 bits per heavy atom. The average molecular weight is 1020 g/mol. The molecule has 2 unspecified atom stereocenters. The number of nitrogens with one attached hydrogen (secondary N) is 1. The number of Topliss-reactive ketones (excluding diaryl/α,β-unsaturated/α-hetero) is 1. The fraction of sp³-hybridized carbons (Fsp3) is 0.811. The molecule has 72 heavy (non-hydrogen) atoms. The summed E-state index contributed by atoms with van der Waals surface area (Å²) in [7, 11) is 8.58. The van der Waals surface area contributed by atoms with Gasteiger partial charge in [-0.3, -0.25) is 19.6 Å². The lowest BCUT2D eigenvalue weighted by Gasteiger charge is -2.51. The lowest BCUT2D eigenvalue weighted by molar-refractivity contribution is -0.302. The van der Waals surface area contributed by atoms with Crippen molar-refractivity contribution in [2.24, 2.45) is 35.3 Å². The number of rotatable bonds is 15. The summed E-state index contributed by atoms with van der Waals surface area (Å²) >= 11 is 0. The van der Waals surface area contributed by atoms with Gasteiger partial charge >= 0.3 is 5.97 Å². The fourth-order valence-electron chi connectivity index (χ4n) is 12.1. The normalized spacial score (nSPS) is 40.9. The summed E-state index contributed by atoms with van der Waals surface area (Å²) < 4.78 is 52.8. The number of hydrogen-bond donors (Lipinski definition) is 6. The average Bonchev–Trinajstić information content (AvgIpc) is 3.70. The maximum absolute atomic E-state index is 14.9. The van der Waals surface area contributed by atoms with E-state index in [1.54, 1.807) is 58.7 Å². The first-order chi connectivity index (χ1) is 33.7. The summed E-state index contributed by atoms with van der Waals surface area (Å²) in [5.41, 5.74) is 6.10. The lowest BCUT2D eigenvalue weighted by Crippen LogP contribution is -2.62. The highest BCUT2D eigenvalue weighted by molar-refractivity contribution is 6.01. The van der Waals surface area contributed by atoms with E-state index in [0.29, 0.717) is 25.9 Å². The van der Waals surface area contributed by atoms with Crippen LogP contribution in [0.4, 0.5) is 4.39 Å². The third kappa shape index (κ3) is 13.1. The van der Waals surface area contributed by atoms with E-state index in [4.69, 9.17) is 34.2 Å². The largest absolute Gasteiger partial charge is 0.459 e. The topological polar surface area (TPSA) is 221 Å². The van der Waals surface area contributed by atoms with E-state index >= 15 is 0 Å². The Morgan fingerprint density at radius 2 is 1.75 bits per heavy atom. The number of ketones is 1. The van der Waals surface area contributed by atoms with Gasteiger partial charge in [0.2, 0.25) is 5.78 Å². The number of carbonyl (C=O) groups is 2. The number of methoxy groups -OCH3 is 2. The predicted octanol–water partition coefficient (Wildman–Crippen LogP) is 3.59. The number of ether oxygens (including phenoxy) is 6. The summed E-state index contributed by atoms with van der Waals surface area (Å²) in [6.45, 7) is 20.3. The van der Waals surface area contributed by atoms with Crippen LogP contribution in [-0.2, 0) is 38.0 Å². The first kappa shape index (κ1) is 59.8. The van der Waals surface area contributed by atoms with Crippen LogP contribution >= 0.6 is 0 Å². The molecule has 3 saturated heterocycles. The Kier molecular flexibility index (Phi) is 20.6. The van der Waals surface area contributed by atoms with Gasteiger partial charge in [-0.15, -0.1) is 5.53 Å². The molecule has 18 nitrogen and oxygen atoms in total. The van der Waals surface area contributed by atoms with Gasteiger partial charge in [-0.2, -0.15) is 0 Å². The number of nitrogens with two attached hydrogens (primary N) is 1. The molecule has 0 aromatic heterocycles. The zero-order valence-corrected chi connectivity index (χ0v) is 45.6. The molecule has 0 aromatic carbocycles. The Labute approximate surface area is 428 Å². The molecule has 5 rings (SSSR count). The van der Waals surface area contributed by atoms with Gasteiger partial charge in [0, 0.05) is 78.1 Å². The molecule has 0 spiro atoms. The highest BCUT2D eigenvalue weighted by Gasteiger charge is 2.55. The third-order valence-corrected chi connectivity index (χ3v) is 16.5. The maximum atomic E-state index is 14.9.